The van der Waals surface area contributed by atoms with Crippen LogP contribution in [0.25, 0.3) is 0 Å². The molecular weight excluding hydrogens is 314 g/mol. The molecule has 0 unspecified atom stereocenters. The summed E-state index contributed by atoms with van der Waals surface area (Å²) >= 11 is 6.06. The molecule has 1 aromatic heterocycles. The van der Waals surface area contributed by atoms with E-state index >= 15 is 0 Å². The average molecular weight is 332 g/mol. The number of rotatable bonds is 4. The van der Waals surface area contributed by atoms with E-state index in [-0.39, 0.29) is 22.5 Å². The first-order chi connectivity index (χ1) is 10.00. The van der Waals surface area contributed by atoms with Crippen LogP contribution in [0.1, 0.15) is 25.5 Å². The fraction of sp³-hybridized carbons (Fsp3) is 0.692. The van der Waals surface area contributed by atoms with Gasteiger partial charge in [0.05, 0.1) is 30.7 Å². The van der Waals surface area contributed by atoms with Gasteiger partial charge >= 0.3 is 0 Å². The number of morpholine rings is 1. The maximum absolute atomic E-state index is 11.1. The van der Waals surface area contributed by atoms with Crippen molar-refractivity contribution in [2.75, 3.05) is 30.4 Å². The zero-order valence-corrected chi connectivity index (χ0v) is 13.4. The van der Waals surface area contributed by atoms with E-state index in [2.05, 4.69) is 21.8 Å². The van der Waals surface area contributed by atoms with Crippen molar-refractivity contribution in [3.05, 3.63) is 17.0 Å². The van der Waals surface area contributed by atoms with Gasteiger partial charge in [0.15, 0.2) is 0 Å². The zero-order valence-electron chi connectivity index (χ0n) is 11.8. The fourth-order valence-electron chi connectivity index (χ4n) is 2.79. The van der Waals surface area contributed by atoms with Gasteiger partial charge in [-0.05, 0) is 31.4 Å². The minimum Gasteiger partial charge on any atom is -0.377 e. The Morgan fingerprint density at radius 1 is 1.48 bits per heavy atom. The Hall–Kier alpha value is -0.920. The van der Waals surface area contributed by atoms with Crippen LogP contribution in [0.2, 0.25) is 5.28 Å². The van der Waals surface area contributed by atoms with Crippen molar-refractivity contribution in [3.63, 3.8) is 0 Å². The quantitative estimate of drug-likeness (QED) is 0.655. The normalized spacial score (nSPS) is 24.3. The van der Waals surface area contributed by atoms with E-state index in [4.69, 9.17) is 16.3 Å². The van der Waals surface area contributed by atoms with Crippen LogP contribution < -0.4 is 4.90 Å². The van der Waals surface area contributed by atoms with Gasteiger partial charge in [-0.15, -0.1) is 0 Å². The summed E-state index contributed by atoms with van der Waals surface area (Å²) in [6, 6.07) is 2.10. The topological polar surface area (TPSA) is 72.4 Å². The Labute approximate surface area is 130 Å². The molecule has 8 heteroatoms. The first kappa shape index (κ1) is 15.0. The Bertz CT molecular complexity index is 611. The molecule has 1 atom stereocenters. The van der Waals surface area contributed by atoms with Gasteiger partial charge in [-0.3, -0.25) is 0 Å². The van der Waals surface area contributed by atoms with Gasteiger partial charge in [-0.25, -0.2) is 18.4 Å². The second-order valence-corrected chi connectivity index (χ2v) is 7.09. The van der Waals surface area contributed by atoms with Gasteiger partial charge in [0.2, 0.25) is 5.28 Å². The highest BCUT2D eigenvalue weighted by molar-refractivity contribution is 7.72. The largest absolute Gasteiger partial charge is 0.377 e. The molecule has 2 aliphatic rings. The molecule has 3 rings (SSSR count). The molecular formula is C13H18ClN3O3S. The summed E-state index contributed by atoms with van der Waals surface area (Å²) in [6.45, 7) is 4.11. The van der Waals surface area contributed by atoms with E-state index < -0.39 is 10.7 Å². The molecule has 1 aliphatic carbocycles. The summed E-state index contributed by atoms with van der Waals surface area (Å²) in [6.07, 6.45) is 1.67. The predicted octanol–water partition coefficient (Wildman–Crippen LogP) is 0.998. The van der Waals surface area contributed by atoms with Crippen LogP contribution in [0, 0.1) is 0 Å². The minimum atomic E-state index is -2.43. The van der Waals surface area contributed by atoms with Gasteiger partial charge in [-0.1, -0.05) is 0 Å². The number of thiol groups is 1. The molecule has 0 spiro atoms. The summed E-state index contributed by atoms with van der Waals surface area (Å²) in [4.78, 5) is 10.7. The summed E-state index contributed by atoms with van der Waals surface area (Å²) in [7, 11) is -2.43. The van der Waals surface area contributed by atoms with Crippen molar-refractivity contribution in [2.24, 2.45) is 0 Å². The van der Waals surface area contributed by atoms with E-state index in [1.165, 1.54) is 0 Å². The third-order valence-electron chi connectivity index (χ3n) is 4.18. The SMILES string of the molecule is C[C@H]1COCCN1c1cc(C2(C[SH](=O)=O)CC2)nc(Cl)n1. The molecule has 1 aromatic rings. The molecule has 1 saturated carbocycles. The number of hydrogen-bond acceptors (Lipinski definition) is 6. The second-order valence-electron chi connectivity index (χ2n) is 5.77. The summed E-state index contributed by atoms with van der Waals surface area (Å²) in [5.74, 6) is 0.890. The van der Waals surface area contributed by atoms with Gasteiger partial charge in [0.1, 0.15) is 16.5 Å². The van der Waals surface area contributed by atoms with Crippen LogP contribution in [-0.2, 0) is 20.9 Å². The minimum absolute atomic E-state index is 0.133. The van der Waals surface area contributed by atoms with Crippen LogP contribution in [0.3, 0.4) is 0 Å². The molecule has 0 N–H and O–H groups in total. The molecule has 0 radical (unpaired) electrons. The van der Waals surface area contributed by atoms with E-state index in [1.54, 1.807) is 0 Å². The zero-order chi connectivity index (χ0) is 15.0. The molecule has 0 aromatic carbocycles. The second kappa shape index (κ2) is 5.70. The molecule has 6 nitrogen and oxygen atoms in total. The van der Waals surface area contributed by atoms with Crippen LogP contribution in [0.5, 0.6) is 0 Å². The van der Waals surface area contributed by atoms with E-state index in [0.29, 0.717) is 13.2 Å². The standard InChI is InChI=1S/C13H18ClN3O3S/c1-9-7-20-5-4-17(9)11-6-10(15-12(14)16-11)13(2-3-13)8-21(18)19/h6,9,21H,2-5,7-8H2,1H3/t9-/m0/s1. The number of anilines is 1. The number of halogens is 1. The molecule has 0 amide bonds. The fourth-order valence-corrected chi connectivity index (χ4v) is 3.94. The number of nitrogens with zero attached hydrogens (tertiary/aromatic N) is 3. The molecule has 116 valence electrons. The Morgan fingerprint density at radius 2 is 2.24 bits per heavy atom. The molecule has 21 heavy (non-hydrogen) atoms. The van der Waals surface area contributed by atoms with Crippen molar-refractivity contribution in [1.29, 1.82) is 0 Å². The van der Waals surface area contributed by atoms with Crippen molar-refractivity contribution in [2.45, 2.75) is 31.2 Å². The third kappa shape index (κ3) is 3.14. The number of aromatic nitrogens is 2. The molecule has 2 fully saturated rings. The third-order valence-corrected chi connectivity index (χ3v) is 5.21. The molecule has 1 aliphatic heterocycles. The lowest BCUT2D eigenvalue weighted by molar-refractivity contribution is 0.0985. The maximum atomic E-state index is 11.1. The lowest BCUT2D eigenvalue weighted by Crippen LogP contribution is -2.44. The summed E-state index contributed by atoms with van der Waals surface area (Å²) in [5.41, 5.74) is 0.391. The lowest BCUT2D eigenvalue weighted by Gasteiger charge is -2.34. The summed E-state index contributed by atoms with van der Waals surface area (Å²) in [5, 5.41) is 0.175. The average Bonchev–Trinajstić information content (AvgIpc) is 3.18. The molecule has 0 bridgehead atoms. The van der Waals surface area contributed by atoms with Crippen molar-refractivity contribution in [3.8, 4) is 0 Å². The van der Waals surface area contributed by atoms with Gasteiger partial charge in [0, 0.05) is 18.0 Å². The lowest BCUT2D eigenvalue weighted by atomic mass is 10.0. The van der Waals surface area contributed by atoms with Crippen LogP contribution in [-0.4, -0.2) is 49.9 Å². The first-order valence-corrected chi connectivity index (χ1v) is 8.75. The van der Waals surface area contributed by atoms with Crippen molar-refractivity contribution < 1.29 is 13.2 Å². The Balaban J connectivity index is 1.93. The van der Waals surface area contributed by atoms with Gasteiger partial charge < -0.3 is 9.64 Å². The van der Waals surface area contributed by atoms with E-state index in [1.807, 2.05) is 6.07 Å². The van der Waals surface area contributed by atoms with Gasteiger partial charge in [0.25, 0.3) is 0 Å². The monoisotopic (exact) mass is 331 g/mol. The number of ether oxygens (including phenoxy) is 1. The van der Waals surface area contributed by atoms with Crippen LogP contribution in [0.4, 0.5) is 5.82 Å². The predicted molar refractivity (Wildman–Crippen MR) is 80.8 cm³/mol. The van der Waals surface area contributed by atoms with Crippen LogP contribution in [0.15, 0.2) is 6.07 Å². The Morgan fingerprint density at radius 3 is 2.86 bits per heavy atom. The highest BCUT2D eigenvalue weighted by atomic mass is 35.5. The highest BCUT2D eigenvalue weighted by Crippen LogP contribution is 2.48. The van der Waals surface area contributed by atoms with Crippen LogP contribution >= 0.6 is 11.6 Å². The maximum Gasteiger partial charge on any atom is 0.224 e. The van der Waals surface area contributed by atoms with Crippen molar-refractivity contribution in [1.82, 2.24) is 9.97 Å². The molecule has 1 saturated heterocycles. The molecule has 2 heterocycles. The number of hydrogen-bond donors (Lipinski definition) is 1. The highest BCUT2D eigenvalue weighted by Gasteiger charge is 2.47. The Kier molecular flexibility index (Phi) is 4.07. The first-order valence-electron chi connectivity index (χ1n) is 7.01. The smallest absolute Gasteiger partial charge is 0.224 e. The van der Waals surface area contributed by atoms with Crippen molar-refractivity contribution >= 4 is 28.1 Å². The van der Waals surface area contributed by atoms with E-state index in [0.717, 1.165) is 30.9 Å². The van der Waals surface area contributed by atoms with E-state index in [9.17, 15) is 8.42 Å². The summed E-state index contributed by atoms with van der Waals surface area (Å²) < 4.78 is 27.6. The van der Waals surface area contributed by atoms with Gasteiger partial charge in [-0.2, -0.15) is 0 Å².